The van der Waals surface area contributed by atoms with Crippen molar-refractivity contribution in [1.82, 2.24) is 15.0 Å². The molecule has 1 aliphatic heterocycles. The summed E-state index contributed by atoms with van der Waals surface area (Å²) in [5.74, 6) is 0. The molecular weight excluding hydrogens is 249 g/mol. The van der Waals surface area contributed by atoms with E-state index in [1.807, 2.05) is 0 Å². The van der Waals surface area contributed by atoms with E-state index in [0.29, 0.717) is 0 Å². The van der Waals surface area contributed by atoms with Crippen LogP contribution in [0.15, 0.2) is 6.20 Å². The molecular formula is C9H14FN3O5. The molecule has 1 aliphatic rings. The van der Waals surface area contributed by atoms with Gasteiger partial charge in [-0.05, 0) is 0 Å². The molecule has 0 spiro atoms. The molecule has 1 fully saturated rings. The average molecular weight is 263 g/mol. The second-order valence-electron chi connectivity index (χ2n) is 4.10. The molecule has 0 bridgehead atoms. The second kappa shape index (κ2) is 5.24. The van der Waals surface area contributed by atoms with Crippen molar-refractivity contribution >= 4 is 0 Å². The van der Waals surface area contributed by atoms with Crippen molar-refractivity contribution in [2.24, 2.45) is 0 Å². The van der Waals surface area contributed by atoms with Gasteiger partial charge < -0.3 is 25.2 Å². The number of nitrogens with zero attached hydrogens (tertiary/aromatic N) is 3. The number of aromatic nitrogens is 3. The maximum Gasteiger partial charge on any atom is 0.184 e. The highest BCUT2D eigenvalue weighted by atomic mass is 19.1. The monoisotopic (exact) mass is 263 g/mol. The molecule has 102 valence electrons. The topological polar surface area (TPSA) is 121 Å². The minimum absolute atomic E-state index is 0.0327. The highest BCUT2D eigenvalue weighted by Crippen LogP contribution is 2.20. The molecule has 0 radical (unpaired) electrons. The van der Waals surface area contributed by atoms with Gasteiger partial charge in [0.25, 0.3) is 0 Å². The van der Waals surface area contributed by atoms with Crippen LogP contribution >= 0.6 is 0 Å². The van der Waals surface area contributed by atoms with Crippen molar-refractivity contribution in [2.75, 3.05) is 0 Å². The smallest absolute Gasteiger partial charge is 0.184 e. The highest BCUT2D eigenvalue weighted by molar-refractivity contribution is 4.92. The summed E-state index contributed by atoms with van der Waals surface area (Å²) in [6.45, 7) is -0.799. The van der Waals surface area contributed by atoms with Crippen molar-refractivity contribution in [1.29, 1.82) is 0 Å². The molecule has 1 saturated heterocycles. The molecule has 1 aromatic heterocycles. The number of hydrogen-bond acceptors (Lipinski definition) is 7. The van der Waals surface area contributed by atoms with Crippen LogP contribution in [0, 0.1) is 0 Å². The van der Waals surface area contributed by atoms with Crippen LogP contribution in [-0.4, -0.2) is 66.1 Å². The Hall–Kier alpha value is -1.13. The zero-order valence-electron chi connectivity index (χ0n) is 9.30. The molecule has 2 rings (SSSR count). The molecule has 4 N–H and O–H groups in total. The predicted molar refractivity (Wildman–Crippen MR) is 53.7 cm³/mol. The quantitative estimate of drug-likeness (QED) is 0.477. The van der Waals surface area contributed by atoms with E-state index in [1.54, 1.807) is 0 Å². The van der Waals surface area contributed by atoms with E-state index in [4.69, 9.17) is 4.74 Å². The van der Waals surface area contributed by atoms with Crippen LogP contribution in [0.4, 0.5) is 4.39 Å². The Balaban J connectivity index is 2.04. The Kier molecular flexibility index (Phi) is 3.88. The zero-order valence-corrected chi connectivity index (χ0v) is 9.30. The molecule has 2 heterocycles. The van der Waals surface area contributed by atoms with Crippen molar-refractivity contribution in [3.8, 4) is 0 Å². The van der Waals surface area contributed by atoms with Crippen LogP contribution in [0.3, 0.4) is 0 Å². The summed E-state index contributed by atoms with van der Waals surface area (Å²) < 4.78 is 18.4. The lowest BCUT2D eigenvalue weighted by molar-refractivity contribution is -0.284. The Bertz CT molecular complexity index is 403. The molecule has 0 saturated carbocycles. The fraction of sp³-hybridized carbons (Fsp3) is 0.778. The molecule has 0 amide bonds. The van der Waals surface area contributed by atoms with Crippen molar-refractivity contribution in [3.05, 3.63) is 11.9 Å². The minimum Gasteiger partial charge on any atom is -0.388 e. The second-order valence-corrected chi connectivity index (χ2v) is 4.10. The van der Waals surface area contributed by atoms with Gasteiger partial charge in [-0.3, -0.25) is 0 Å². The lowest BCUT2D eigenvalue weighted by Gasteiger charge is -2.38. The first-order valence-corrected chi connectivity index (χ1v) is 5.35. The first-order chi connectivity index (χ1) is 8.52. The SMILES string of the molecule is OC1O[C@H](Cn2cc(CF)nn2)[C@@H](O)[C@H](O)[C@H]1O. The van der Waals surface area contributed by atoms with Gasteiger partial charge in [-0.2, -0.15) is 0 Å². The zero-order chi connectivity index (χ0) is 13.3. The van der Waals surface area contributed by atoms with Crippen LogP contribution < -0.4 is 0 Å². The molecule has 1 unspecified atom stereocenters. The maximum absolute atomic E-state index is 12.3. The molecule has 9 heteroatoms. The fourth-order valence-corrected chi connectivity index (χ4v) is 1.76. The molecule has 5 atom stereocenters. The van der Waals surface area contributed by atoms with E-state index in [0.717, 1.165) is 0 Å². The highest BCUT2D eigenvalue weighted by Gasteiger charge is 2.43. The number of aliphatic hydroxyl groups excluding tert-OH is 4. The number of alkyl halides is 1. The van der Waals surface area contributed by atoms with E-state index in [1.165, 1.54) is 10.9 Å². The summed E-state index contributed by atoms with van der Waals surface area (Å²) in [6.07, 6.45) is -5.75. The third-order valence-corrected chi connectivity index (χ3v) is 2.78. The number of hydrogen-bond donors (Lipinski definition) is 4. The van der Waals surface area contributed by atoms with E-state index in [9.17, 15) is 24.8 Å². The molecule has 8 nitrogen and oxygen atoms in total. The fourth-order valence-electron chi connectivity index (χ4n) is 1.76. The van der Waals surface area contributed by atoms with Crippen LogP contribution in [0.5, 0.6) is 0 Å². The van der Waals surface area contributed by atoms with E-state index in [2.05, 4.69) is 10.3 Å². The summed E-state index contributed by atoms with van der Waals surface area (Å²) in [4.78, 5) is 0. The first-order valence-electron chi connectivity index (χ1n) is 5.35. The van der Waals surface area contributed by atoms with E-state index < -0.39 is 37.4 Å². The van der Waals surface area contributed by atoms with Crippen molar-refractivity contribution in [2.45, 2.75) is 43.9 Å². The first kappa shape index (κ1) is 13.3. The third kappa shape index (κ3) is 2.49. The normalized spacial score (nSPS) is 36.8. The van der Waals surface area contributed by atoms with Crippen LogP contribution in [0.25, 0.3) is 0 Å². The Labute approximate surface area is 101 Å². The molecule has 0 aliphatic carbocycles. The lowest BCUT2D eigenvalue weighted by Crippen LogP contribution is -2.58. The Morgan fingerprint density at radius 3 is 2.56 bits per heavy atom. The maximum atomic E-state index is 12.3. The van der Waals surface area contributed by atoms with Gasteiger partial charge in [-0.15, -0.1) is 5.10 Å². The van der Waals surface area contributed by atoms with Crippen molar-refractivity contribution in [3.63, 3.8) is 0 Å². The lowest BCUT2D eigenvalue weighted by atomic mass is 9.99. The van der Waals surface area contributed by atoms with Gasteiger partial charge in [-0.1, -0.05) is 5.21 Å². The third-order valence-electron chi connectivity index (χ3n) is 2.78. The summed E-state index contributed by atoms with van der Waals surface area (Å²) in [5, 5.41) is 44.8. The van der Waals surface area contributed by atoms with Gasteiger partial charge in [0.2, 0.25) is 0 Å². The molecule has 0 aromatic carbocycles. The number of halogens is 1. The molecule has 18 heavy (non-hydrogen) atoms. The van der Waals surface area contributed by atoms with Gasteiger partial charge in [0, 0.05) is 0 Å². The van der Waals surface area contributed by atoms with E-state index >= 15 is 0 Å². The van der Waals surface area contributed by atoms with Crippen LogP contribution in [-0.2, 0) is 18.0 Å². The van der Waals surface area contributed by atoms with Gasteiger partial charge in [0.05, 0.1) is 12.7 Å². The summed E-state index contributed by atoms with van der Waals surface area (Å²) in [5.41, 5.74) is 0.126. The van der Waals surface area contributed by atoms with Crippen molar-refractivity contribution < 1.29 is 29.6 Å². The summed E-state index contributed by atoms with van der Waals surface area (Å²) >= 11 is 0. The van der Waals surface area contributed by atoms with Gasteiger partial charge >= 0.3 is 0 Å². The van der Waals surface area contributed by atoms with Crippen LogP contribution in [0.2, 0.25) is 0 Å². The largest absolute Gasteiger partial charge is 0.388 e. The average Bonchev–Trinajstić information content (AvgIpc) is 2.81. The van der Waals surface area contributed by atoms with Crippen LogP contribution in [0.1, 0.15) is 5.69 Å². The van der Waals surface area contributed by atoms with Gasteiger partial charge in [0.1, 0.15) is 36.8 Å². The van der Waals surface area contributed by atoms with Gasteiger partial charge in [-0.25, -0.2) is 9.07 Å². The molecule has 1 aromatic rings. The summed E-state index contributed by atoms with van der Waals surface area (Å²) in [7, 11) is 0. The number of rotatable bonds is 3. The predicted octanol–water partition coefficient (Wildman–Crippen LogP) is -2.45. The Morgan fingerprint density at radius 1 is 1.22 bits per heavy atom. The standard InChI is InChI=1S/C9H14FN3O5/c10-1-4-2-13(12-11-4)3-5-6(14)7(15)8(16)9(17)18-5/h2,5-9,14-17H,1,3H2/t5-,6-,7+,8-,9?/m1/s1. The van der Waals surface area contributed by atoms with Gasteiger partial charge in [0.15, 0.2) is 6.29 Å². The Morgan fingerprint density at radius 2 is 1.94 bits per heavy atom. The minimum atomic E-state index is -1.60. The van der Waals surface area contributed by atoms with E-state index in [-0.39, 0.29) is 12.2 Å². The summed E-state index contributed by atoms with van der Waals surface area (Å²) in [6, 6.07) is 0. The number of aliphatic hydroxyl groups is 4. The number of ether oxygens (including phenoxy) is 1.